The highest BCUT2D eigenvalue weighted by Gasteiger charge is 2.19. The van der Waals surface area contributed by atoms with E-state index in [9.17, 15) is 8.42 Å². The maximum absolute atomic E-state index is 12.6. The Labute approximate surface area is 156 Å². The Bertz CT molecular complexity index is 1010. The molecular formula is C18H19N3O3S2. The van der Waals surface area contributed by atoms with Crippen LogP contribution in [0.5, 0.6) is 5.75 Å². The Kier molecular flexibility index (Phi) is 5.24. The molecule has 0 atom stereocenters. The summed E-state index contributed by atoms with van der Waals surface area (Å²) in [5, 5.41) is 8.92. The molecule has 6 nitrogen and oxygen atoms in total. The molecule has 3 aromatic rings. The van der Waals surface area contributed by atoms with Crippen LogP contribution in [0.25, 0.3) is 10.6 Å². The second-order valence-electron chi connectivity index (χ2n) is 5.71. The van der Waals surface area contributed by atoms with Crippen molar-refractivity contribution in [3.05, 3.63) is 53.6 Å². The molecule has 0 amide bonds. The number of ether oxygens (including phenoxy) is 1. The van der Waals surface area contributed by atoms with Crippen LogP contribution in [0.3, 0.4) is 0 Å². The molecule has 0 radical (unpaired) electrons. The summed E-state index contributed by atoms with van der Waals surface area (Å²) in [4.78, 5) is 0.169. The summed E-state index contributed by atoms with van der Waals surface area (Å²) in [6.07, 6.45) is 0.670. The van der Waals surface area contributed by atoms with Gasteiger partial charge in [0.05, 0.1) is 12.0 Å². The van der Waals surface area contributed by atoms with E-state index in [1.165, 1.54) is 17.4 Å². The molecule has 1 aromatic heterocycles. The molecule has 136 valence electrons. The maximum Gasteiger partial charge on any atom is 0.263 e. The molecule has 8 heteroatoms. The van der Waals surface area contributed by atoms with Gasteiger partial charge in [0, 0.05) is 5.56 Å². The van der Waals surface area contributed by atoms with E-state index in [1.807, 2.05) is 38.1 Å². The highest BCUT2D eigenvalue weighted by molar-refractivity contribution is 7.93. The lowest BCUT2D eigenvalue weighted by Gasteiger charge is -2.10. The van der Waals surface area contributed by atoms with E-state index in [-0.39, 0.29) is 10.0 Å². The number of aryl methyl sites for hydroxylation is 2. The van der Waals surface area contributed by atoms with Crippen molar-refractivity contribution in [3.63, 3.8) is 0 Å². The summed E-state index contributed by atoms with van der Waals surface area (Å²) < 4.78 is 33.0. The molecule has 0 unspecified atom stereocenters. The molecule has 2 aromatic carbocycles. The fraction of sp³-hybridized carbons (Fsp3) is 0.222. The van der Waals surface area contributed by atoms with E-state index >= 15 is 0 Å². The van der Waals surface area contributed by atoms with Gasteiger partial charge in [-0.2, -0.15) is 0 Å². The summed E-state index contributed by atoms with van der Waals surface area (Å²) >= 11 is 1.19. The van der Waals surface area contributed by atoms with Crippen LogP contribution in [0, 0.1) is 6.92 Å². The average Bonchev–Trinajstić information content (AvgIpc) is 3.09. The van der Waals surface area contributed by atoms with E-state index in [2.05, 4.69) is 14.9 Å². The van der Waals surface area contributed by atoms with Crippen LogP contribution in [0.15, 0.2) is 47.4 Å². The second kappa shape index (κ2) is 7.43. The summed E-state index contributed by atoms with van der Waals surface area (Å²) in [6.45, 7) is 3.95. The minimum Gasteiger partial charge on any atom is -0.496 e. The van der Waals surface area contributed by atoms with Gasteiger partial charge in [0.2, 0.25) is 5.13 Å². The van der Waals surface area contributed by atoms with Crippen LogP contribution in [0.1, 0.15) is 18.1 Å². The number of methoxy groups -OCH3 is 1. The van der Waals surface area contributed by atoms with Gasteiger partial charge < -0.3 is 4.74 Å². The molecule has 0 aliphatic rings. The largest absolute Gasteiger partial charge is 0.496 e. The van der Waals surface area contributed by atoms with Gasteiger partial charge in [-0.25, -0.2) is 8.42 Å². The summed E-state index contributed by atoms with van der Waals surface area (Å²) in [5.74, 6) is 0.670. The van der Waals surface area contributed by atoms with Crippen LogP contribution in [0.4, 0.5) is 5.13 Å². The molecule has 0 aliphatic carbocycles. The van der Waals surface area contributed by atoms with E-state index in [1.54, 1.807) is 19.2 Å². The van der Waals surface area contributed by atoms with Crippen molar-refractivity contribution in [1.29, 1.82) is 0 Å². The number of anilines is 1. The number of sulfonamides is 1. The number of aromatic nitrogens is 2. The van der Waals surface area contributed by atoms with Crippen molar-refractivity contribution >= 4 is 26.5 Å². The average molecular weight is 390 g/mol. The highest BCUT2D eigenvalue weighted by Crippen LogP contribution is 2.29. The minimum atomic E-state index is -3.74. The van der Waals surface area contributed by atoms with E-state index in [0.717, 1.165) is 16.7 Å². The zero-order chi connectivity index (χ0) is 18.7. The van der Waals surface area contributed by atoms with Gasteiger partial charge in [-0.1, -0.05) is 48.1 Å². The third kappa shape index (κ3) is 3.86. The molecule has 0 saturated heterocycles. The van der Waals surface area contributed by atoms with Crippen LogP contribution >= 0.6 is 11.3 Å². The van der Waals surface area contributed by atoms with Gasteiger partial charge in [-0.15, -0.1) is 10.2 Å². The molecule has 1 N–H and O–H groups in total. The lowest BCUT2D eigenvalue weighted by Crippen LogP contribution is -2.13. The van der Waals surface area contributed by atoms with Crippen molar-refractivity contribution in [2.75, 3.05) is 11.8 Å². The first-order valence-corrected chi connectivity index (χ1v) is 10.3. The van der Waals surface area contributed by atoms with Gasteiger partial charge in [0.15, 0.2) is 0 Å². The number of rotatable bonds is 6. The van der Waals surface area contributed by atoms with E-state index < -0.39 is 10.0 Å². The Morgan fingerprint density at radius 1 is 1.12 bits per heavy atom. The molecule has 0 bridgehead atoms. The minimum absolute atomic E-state index is 0.169. The quantitative estimate of drug-likeness (QED) is 0.692. The van der Waals surface area contributed by atoms with Crippen molar-refractivity contribution in [2.45, 2.75) is 25.2 Å². The Balaban J connectivity index is 1.85. The first kappa shape index (κ1) is 18.3. The number of benzene rings is 2. The normalized spacial score (nSPS) is 11.3. The van der Waals surface area contributed by atoms with Crippen LogP contribution in [-0.4, -0.2) is 25.7 Å². The molecule has 0 spiro atoms. The molecule has 1 heterocycles. The van der Waals surface area contributed by atoms with E-state index in [0.29, 0.717) is 17.2 Å². The first-order valence-electron chi connectivity index (χ1n) is 8.03. The number of hydrogen-bond donors (Lipinski definition) is 1. The number of nitrogens with zero attached hydrogens (tertiary/aromatic N) is 2. The number of hydrogen-bond acceptors (Lipinski definition) is 6. The van der Waals surface area contributed by atoms with Gasteiger partial charge >= 0.3 is 0 Å². The third-order valence-corrected chi connectivity index (χ3v) is 6.24. The van der Waals surface area contributed by atoms with Gasteiger partial charge in [-0.3, -0.25) is 4.72 Å². The van der Waals surface area contributed by atoms with Gasteiger partial charge in [0.25, 0.3) is 10.0 Å². The Morgan fingerprint density at radius 2 is 1.85 bits per heavy atom. The molecule has 26 heavy (non-hydrogen) atoms. The lowest BCUT2D eigenvalue weighted by atomic mass is 10.1. The van der Waals surface area contributed by atoms with Crippen molar-refractivity contribution in [1.82, 2.24) is 10.2 Å². The SMILES string of the molecule is CCc1cc(S(=O)(=O)Nc2nnc(-c3ccc(C)cc3)s2)ccc1OC. The third-order valence-electron chi connectivity index (χ3n) is 3.89. The second-order valence-corrected chi connectivity index (χ2v) is 8.37. The summed E-state index contributed by atoms with van der Waals surface area (Å²) in [7, 11) is -2.18. The lowest BCUT2D eigenvalue weighted by molar-refractivity contribution is 0.409. The number of nitrogens with one attached hydrogen (secondary N) is 1. The molecule has 0 fully saturated rings. The predicted molar refractivity (Wildman–Crippen MR) is 103 cm³/mol. The Morgan fingerprint density at radius 3 is 2.50 bits per heavy atom. The topological polar surface area (TPSA) is 81.2 Å². The van der Waals surface area contributed by atoms with Crippen molar-refractivity contribution < 1.29 is 13.2 Å². The smallest absolute Gasteiger partial charge is 0.263 e. The van der Waals surface area contributed by atoms with Crippen LogP contribution in [0.2, 0.25) is 0 Å². The van der Waals surface area contributed by atoms with Crippen molar-refractivity contribution in [3.8, 4) is 16.3 Å². The fourth-order valence-electron chi connectivity index (χ4n) is 2.45. The zero-order valence-electron chi connectivity index (χ0n) is 14.7. The standard InChI is InChI=1S/C18H19N3O3S2/c1-4-13-11-15(9-10-16(13)24-3)26(22,23)21-18-20-19-17(25-18)14-7-5-12(2)6-8-14/h5-11H,4H2,1-3H3,(H,20,21). The highest BCUT2D eigenvalue weighted by atomic mass is 32.2. The van der Waals surface area contributed by atoms with Gasteiger partial charge in [-0.05, 0) is 37.1 Å². The Hall–Kier alpha value is -2.45. The van der Waals surface area contributed by atoms with Crippen LogP contribution in [-0.2, 0) is 16.4 Å². The molecule has 0 aliphatic heterocycles. The molecular weight excluding hydrogens is 370 g/mol. The first-order chi connectivity index (χ1) is 12.4. The molecule has 3 rings (SSSR count). The summed E-state index contributed by atoms with van der Waals surface area (Å²) in [5.41, 5.74) is 2.87. The predicted octanol–water partition coefficient (Wildman–Crippen LogP) is 3.89. The van der Waals surface area contributed by atoms with Gasteiger partial charge in [0.1, 0.15) is 10.8 Å². The molecule has 0 saturated carbocycles. The summed E-state index contributed by atoms with van der Waals surface area (Å²) in [6, 6.07) is 12.6. The van der Waals surface area contributed by atoms with E-state index in [4.69, 9.17) is 4.74 Å². The fourth-order valence-corrected chi connectivity index (χ4v) is 4.48. The monoisotopic (exact) mass is 389 g/mol. The van der Waals surface area contributed by atoms with Crippen LogP contribution < -0.4 is 9.46 Å². The maximum atomic E-state index is 12.6. The zero-order valence-corrected chi connectivity index (χ0v) is 16.3. The van der Waals surface area contributed by atoms with Crippen molar-refractivity contribution in [2.24, 2.45) is 0 Å².